The van der Waals surface area contributed by atoms with Crippen molar-refractivity contribution in [1.29, 1.82) is 0 Å². The molecule has 2 spiro atoms. The monoisotopic (exact) mass is 1520 g/mol. The predicted molar refractivity (Wildman–Crippen MR) is 411 cm³/mol. The molecule has 0 amide bonds. The summed E-state index contributed by atoms with van der Waals surface area (Å²) >= 11 is 0. The van der Waals surface area contributed by atoms with Crippen LogP contribution in [0.25, 0.3) is 0 Å². The maximum Gasteiger partial charge on any atom is 0.316 e. The van der Waals surface area contributed by atoms with Crippen LogP contribution in [0.5, 0.6) is 0 Å². The van der Waals surface area contributed by atoms with Gasteiger partial charge in [0.1, 0.15) is 59.7 Å². The molecule has 10 aliphatic heterocycles. The third-order valence-corrected chi connectivity index (χ3v) is 26.2. The number of unbranched alkanes of at least 4 members (excludes halogenated alkanes) is 2. The molecular weight excluding hydrogens is 1390 g/mol. The molecule has 6 fully saturated rings. The number of methoxy groups -OCH3 is 2. The average molecular weight is 1520 g/mol. The molecule has 6 N–H and O–H groups in total. The Morgan fingerprint density at radius 1 is 0.532 bits per heavy atom. The topological polar surface area (TPSA) is 268 Å². The van der Waals surface area contributed by atoms with Crippen LogP contribution >= 0.6 is 0 Å². The fourth-order valence-corrected chi connectivity index (χ4v) is 19.3. The van der Waals surface area contributed by atoms with Crippen molar-refractivity contribution in [2.45, 2.75) is 326 Å². The summed E-state index contributed by atoms with van der Waals surface area (Å²) in [4.78, 5) is 29.1. The van der Waals surface area contributed by atoms with E-state index in [9.17, 15) is 30.0 Å². The quantitative estimate of drug-likeness (QED) is 0.0423. The molecule has 0 aromatic carbocycles. The van der Waals surface area contributed by atoms with E-state index in [4.69, 9.17) is 66.3 Å². The van der Waals surface area contributed by atoms with E-state index in [0.29, 0.717) is 60.8 Å². The second kappa shape index (κ2) is 35.8. The zero-order valence-corrected chi connectivity index (χ0v) is 67.6. The summed E-state index contributed by atoms with van der Waals surface area (Å²) in [5.41, 5.74) is 0.289. The lowest BCUT2D eigenvalue weighted by atomic mass is 9.71. The first-order valence-electron chi connectivity index (χ1n) is 41.2. The molecule has 12 rings (SSSR count). The number of hydrogen-bond acceptors (Lipinski definition) is 22. The van der Waals surface area contributed by atoms with Crippen molar-refractivity contribution in [3.8, 4) is 0 Å². The van der Waals surface area contributed by atoms with Crippen molar-refractivity contribution >= 4 is 11.9 Å². The maximum absolute atomic E-state index is 14.6. The van der Waals surface area contributed by atoms with Gasteiger partial charge in [0, 0.05) is 76.4 Å². The van der Waals surface area contributed by atoms with Crippen LogP contribution in [0.3, 0.4) is 0 Å². The van der Waals surface area contributed by atoms with Crippen molar-refractivity contribution in [2.24, 2.45) is 47.3 Å². The third kappa shape index (κ3) is 18.0. The minimum Gasteiger partial charge on any atom is -0.462 e. The summed E-state index contributed by atoms with van der Waals surface area (Å²) < 4.78 is 93.4. The van der Waals surface area contributed by atoms with Crippen LogP contribution in [-0.2, 0) is 75.9 Å². The van der Waals surface area contributed by atoms with Gasteiger partial charge in [-0.3, -0.25) is 9.59 Å². The zero-order chi connectivity index (χ0) is 78.0. The van der Waals surface area contributed by atoms with Crippen LogP contribution in [0.2, 0.25) is 0 Å². The van der Waals surface area contributed by atoms with Gasteiger partial charge in [-0.15, -0.1) is 0 Å². The lowest BCUT2D eigenvalue weighted by Crippen LogP contribution is -2.58. The Morgan fingerprint density at radius 2 is 0.936 bits per heavy atom. The molecule has 0 aromatic rings. The molecule has 2 unspecified atom stereocenters. The number of carbonyl (C=O) groups is 2. The van der Waals surface area contributed by atoms with Crippen LogP contribution in [0.1, 0.15) is 180 Å². The number of esters is 2. The van der Waals surface area contributed by atoms with Crippen LogP contribution in [0.15, 0.2) is 119 Å². The van der Waals surface area contributed by atoms with E-state index in [1.54, 1.807) is 52.4 Å². The highest BCUT2D eigenvalue weighted by molar-refractivity contribution is 5.79. The normalized spacial score (nSPS) is 47.3. The maximum atomic E-state index is 14.6. The van der Waals surface area contributed by atoms with E-state index >= 15 is 0 Å². The second-order valence-electron chi connectivity index (χ2n) is 34.2. The minimum absolute atomic E-state index is 0.0263. The number of carbonyl (C=O) groups excluding carboxylic acids is 2. The zero-order valence-electron chi connectivity index (χ0n) is 67.6. The number of allylic oxidation sites excluding steroid dienone is 4. The summed E-state index contributed by atoms with van der Waals surface area (Å²) in [6, 6.07) is -0.176. The number of ether oxygens (including phenoxy) is 14. The number of hydrogen-bond donors (Lipinski definition) is 6. The molecule has 0 aromatic heterocycles. The number of aliphatic hydroxyl groups is 4. The third-order valence-electron chi connectivity index (χ3n) is 26.2. The first kappa shape index (κ1) is 84.0. The van der Waals surface area contributed by atoms with Crippen LogP contribution < -0.4 is 10.6 Å². The van der Waals surface area contributed by atoms with Gasteiger partial charge in [0.2, 0.25) is 0 Å². The van der Waals surface area contributed by atoms with Gasteiger partial charge < -0.3 is 97.4 Å². The van der Waals surface area contributed by atoms with E-state index in [1.165, 1.54) is 0 Å². The second-order valence-corrected chi connectivity index (χ2v) is 34.2. The fraction of sp³-hybridized carbons (Fsp3) is 0.747. The molecule has 22 nitrogen and oxygen atoms in total. The Labute approximate surface area is 647 Å². The largest absolute Gasteiger partial charge is 0.462 e. The van der Waals surface area contributed by atoms with Crippen molar-refractivity contribution in [3.05, 3.63) is 119 Å². The van der Waals surface area contributed by atoms with Crippen molar-refractivity contribution in [3.63, 3.8) is 0 Å². The average Bonchev–Trinajstić information content (AvgIpc) is 1.46. The lowest BCUT2D eigenvalue weighted by molar-refractivity contribution is -0.301. The molecule has 109 heavy (non-hydrogen) atoms. The predicted octanol–water partition coefficient (Wildman–Crippen LogP) is 11.1. The molecule has 10 heterocycles. The number of rotatable bonds is 18. The minimum atomic E-state index is -1.85. The highest BCUT2D eigenvalue weighted by atomic mass is 16.7. The number of nitrogens with one attached hydrogen (secondary N) is 2. The Balaban J connectivity index is 0.665. The highest BCUT2D eigenvalue weighted by Crippen LogP contribution is 2.50. The molecule has 0 saturated carbocycles. The molecule has 6 saturated heterocycles. The summed E-state index contributed by atoms with van der Waals surface area (Å²) in [7, 11) is 3.50. The Bertz CT molecular complexity index is 3250. The van der Waals surface area contributed by atoms with Crippen molar-refractivity contribution < 1.29 is 96.3 Å². The Morgan fingerprint density at radius 3 is 1.32 bits per heavy atom. The first-order chi connectivity index (χ1) is 52.0. The molecule has 4 bridgehead atoms. The SMILES string of the molecule is CCC(C)[C@H]1O[C@]2(C=C[C@@H]1C)C[C@@H]1C[C@@H](C/C=C(\C)[C@@H](O[C@H]3C[C@H](OC)[C@@H](NCCCCCN[C@H]4[C@H](C)O[C@@H](O[C@@H]5/C(C)=C/C[C@@H]6C[C@@H](C[C@]7(C=C[C@H](C)[C@@H](C(C)CC)O7)O6)OC(=O)[C@@H]6C=C(C)[C@@H](O)[C@H]7OC/C(=C\C=C\[C@@H]5C)[C@]76O)C[C@@H]4OC)[C@H](C)O3)[C@@H](C)/C=C/C=C3\CO[C@@H]4[C@H](O)C(C)=C[C@@H](C(=O)O1)[C@]34O)O2. The van der Waals surface area contributed by atoms with E-state index in [0.717, 1.165) is 56.3 Å². The van der Waals surface area contributed by atoms with E-state index in [1.807, 2.05) is 36.5 Å². The van der Waals surface area contributed by atoms with Crippen LogP contribution in [0, 0.1) is 47.3 Å². The van der Waals surface area contributed by atoms with Gasteiger partial charge in [0.25, 0.3) is 0 Å². The summed E-state index contributed by atoms with van der Waals surface area (Å²) in [5.74, 6) is -5.24. The molecule has 608 valence electrons. The molecule has 32 atom stereocenters. The lowest BCUT2D eigenvalue weighted by Gasteiger charge is -2.48. The van der Waals surface area contributed by atoms with Gasteiger partial charge in [0.05, 0.1) is 86.3 Å². The Kier molecular flexibility index (Phi) is 27.6. The van der Waals surface area contributed by atoms with Gasteiger partial charge >= 0.3 is 11.9 Å². The van der Waals surface area contributed by atoms with Crippen LogP contribution in [-0.4, -0.2) is 218 Å². The van der Waals surface area contributed by atoms with Gasteiger partial charge in [-0.05, 0) is 138 Å². The highest BCUT2D eigenvalue weighted by Gasteiger charge is 2.62. The molecule has 22 heteroatoms. The van der Waals surface area contributed by atoms with E-state index in [-0.39, 0.29) is 110 Å². The van der Waals surface area contributed by atoms with Gasteiger partial charge in [-0.2, -0.15) is 0 Å². The molecule has 12 aliphatic rings. The van der Waals surface area contributed by atoms with Gasteiger partial charge in [-0.1, -0.05) is 148 Å². The van der Waals surface area contributed by atoms with E-state index in [2.05, 4.69) is 118 Å². The molecule has 0 radical (unpaired) electrons. The Hall–Kier alpha value is -4.38. The number of fused-ring (bicyclic) bond motifs is 4. The summed E-state index contributed by atoms with van der Waals surface area (Å²) in [6.07, 6.45) is 25.9. The summed E-state index contributed by atoms with van der Waals surface area (Å²) in [6.45, 7) is 30.6. The van der Waals surface area contributed by atoms with Gasteiger partial charge in [0.15, 0.2) is 24.2 Å². The van der Waals surface area contributed by atoms with Gasteiger partial charge in [-0.25, -0.2) is 0 Å². The smallest absolute Gasteiger partial charge is 0.316 e. The van der Waals surface area contributed by atoms with Crippen LogP contribution in [0.4, 0.5) is 0 Å². The van der Waals surface area contributed by atoms with Crippen molar-refractivity contribution in [2.75, 3.05) is 40.5 Å². The summed E-state index contributed by atoms with van der Waals surface area (Å²) in [5, 5.41) is 55.8. The first-order valence-corrected chi connectivity index (χ1v) is 41.2. The van der Waals surface area contributed by atoms with Crippen molar-refractivity contribution in [1.82, 2.24) is 10.6 Å². The fourth-order valence-electron chi connectivity index (χ4n) is 19.3. The molecular formula is C87H130N2O20. The molecule has 2 aliphatic carbocycles. The number of aliphatic hydroxyl groups excluding tert-OH is 2. The van der Waals surface area contributed by atoms with E-state index < -0.39 is 120 Å². The standard InChI is InChI=1S/C87H130N2O20/c1-17-48(3)78-54(9)32-34-84(108-78)44-64-40-62(106-84)30-28-52(7)76(50(5)24-22-26-60-46-98-80-74(90)56(11)38-66(82(92)102-64)86(60,80)94)104-70-42-68(96-15)72(58(13)100-70)88-36-20-19-21-37-89-73-59(14)101-71(43-69(73)97-16)105-77-51(6)25-23-27-61-47-99-81-75(91)57(12)39-67(87(61,81)95)83(93)103-65-41-63(31-29-53(77)8)107-85(45-65)35-33-55(10)79(109-85)49(4)18-2/h22-29,32-35,38-39,48-51,54-55,58-59,62-81,88-91,94-95H,17-21,30-31,36-37,40-47H2,1-16H3/b24-22+,25-23+,52-28+,53-29+,60-26+,61-27+/t48?,49?,50-,51-,54-,55-,58-,59-,62+,63+,64-,65-,66-,67-,68-,69-,70-,71-,72-,73-,74+,75+,76-,77-,78+,79+,80+,81+,84+,85+,86+,87+/m0/s1.